The van der Waals surface area contributed by atoms with Gasteiger partial charge in [-0.3, -0.25) is 0 Å². The average molecular weight is 699 g/mol. The van der Waals surface area contributed by atoms with Crippen LogP contribution in [0.15, 0.2) is 186 Å². The van der Waals surface area contributed by atoms with Crippen molar-refractivity contribution in [2.24, 2.45) is 0 Å². The lowest BCUT2D eigenvalue weighted by atomic mass is 10.0. The molecule has 0 saturated heterocycles. The summed E-state index contributed by atoms with van der Waals surface area (Å²) in [6.45, 7) is 0. The molecule has 0 amide bonds. The molecule has 0 N–H and O–H groups in total. The monoisotopic (exact) mass is 698 g/mol. The van der Waals surface area contributed by atoms with Crippen LogP contribution in [0.4, 0.5) is 0 Å². The predicted octanol–water partition coefficient (Wildman–Crippen LogP) is 14.2. The fraction of sp³-hybridized carbons (Fsp3) is 0. The number of hydrogen-bond acceptors (Lipinski definition) is 1. The van der Waals surface area contributed by atoms with Crippen LogP contribution in [0.2, 0.25) is 0 Å². The largest absolute Gasteiger partial charge is 0.456 e. The number of aromatic nitrogens is 2. The number of fused-ring (bicyclic) bond motifs is 14. The highest BCUT2D eigenvalue weighted by Crippen LogP contribution is 2.50. The Morgan fingerprint density at radius 3 is 1.89 bits per heavy atom. The van der Waals surface area contributed by atoms with Gasteiger partial charge < -0.3 is 13.6 Å². The topological polar surface area (TPSA) is 23.0 Å². The van der Waals surface area contributed by atoms with Crippen molar-refractivity contribution in [1.82, 2.24) is 9.13 Å². The Hall–Kier alpha value is -7.36. The van der Waals surface area contributed by atoms with Gasteiger partial charge in [-0.15, -0.1) is 0 Å². The molecule has 12 aromatic rings. The van der Waals surface area contributed by atoms with Gasteiger partial charge in [0.05, 0.1) is 27.8 Å². The minimum atomic E-state index is 0.905. The highest BCUT2D eigenvalue weighted by Gasteiger charge is 2.26. The third-order valence-corrected chi connectivity index (χ3v) is 12.0. The fourth-order valence-electron chi connectivity index (χ4n) is 9.83. The Kier molecular flexibility index (Phi) is 5.63. The zero-order valence-electron chi connectivity index (χ0n) is 29.6. The van der Waals surface area contributed by atoms with E-state index in [1.165, 1.54) is 87.9 Å². The first-order chi connectivity index (χ1) is 27.3. The van der Waals surface area contributed by atoms with E-state index in [9.17, 15) is 0 Å². The third kappa shape index (κ3) is 3.79. The van der Waals surface area contributed by atoms with Crippen molar-refractivity contribution in [3.05, 3.63) is 182 Å². The van der Waals surface area contributed by atoms with E-state index in [2.05, 4.69) is 191 Å². The smallest absolute Gasteiger partial charge is 0.136 e. The Labute approximate surface area is 315 Å². The van der Waals surface area contributed by atoms with Crippen LogP contribution in [0.1, 0.15) is 0 Å². The molecule has 55 heavy (non-hydrogen) atoms. The van der Waals surface area contributed by atoms with Gasteiger partial charge in [-0.1, -0.05) is 133 Å². The van der Waals surface area contributed by atoms with Crippen LogP contribution in [0, 0.1) is 0 Å². The van der Waals surface area contributed by atoms with Crippen LogP contribution in [-0.4, -0.2) is 9.13 Å². The van der Waals surface area contributed by atoms with E-state index in [1.54, 1.807) is 0 Å². The normalized spacial score (nSPS) is 12.4. The molecule has 0 bridgehead atoms. The molecule has 0 aliphatic heterocycles. The first kappa shape index (κ1) is 29.1. The lowest BCUT2D eigenvalue weighted by Crippen LogP contribution is -1.97. The molecule has 3 aromatic heterocycles. The van der Waals surface area contributed by atoms with Crippen LogP contribution >= 0.6 is 0 Å². The van der Waals surface area contributed by atoms with Gasteiger partial charge in [0.25, 0.3) is 0 Å². The zero-order chi connectivity index (χ0) is 35.8. The maximum Gasteiger partial charge on any atom is 0.136 e. The van der Waals surface area contributed by atoms with Gasteiger partial charge in [0, 0.05) is 43.4 Å². The first-order valence-electron chi connectivity index (χ1n) is 18.9. The number of nitrogens with zero attached hydrogens (tertiary/aromatic N) is 2. The van der Waals surface area contributed by atoms with Crippen LogP contribution < -0.4 is 0 Å². The number of benzene rings is 9. The molecule has 0 fully saturated rings. The third-order valence-electron chi connectivity index (χ3n) is 12.0. The molecule has 3 heterocycles. The second-order valence-electron chi connectivity index (χ2n) is 14.8. The van der Waals surface area contributed by atoms with Crippen molar-refractivity contribution in [2.75, 3.05) is 0 Å². The maximum atomic E-state index is 6.50. The molecule has 9 aromatic carbocycles. The molecule has 0 saturated carbocycles. The van der Waals surface area contributed by atoms with E-state index in [0.29, 0.717) is 0 Å². The van der Waals surface area contributed by atoms with Crippen LogP contribution in [0.5, 0.6) is 0 Å². The van der Waals surface area contributed by atoms with E-state index >= 15 is 0 Å². The van der Waals surface area contributed by atoms with Gasteiger partial charge in [-0.25, -0.2) is 0 Å². The highest BCUT2D eigenvalue weighted by molar-refractivity contribution is 6.33. The fourth-order valence-corrected chi connectivity index (χ4v) is 9.83. The summed E-state index contributed by atoms with van der Waals surface area (Å²) in [5, 5.41) is 9.77. The van der Waals surface area contributed by atoms with Crippen molar-refractivity contribution in [1.29, 1.82) is 0 Å². The predicted molar refractivity (Wildman–Crippen MR) is 230 cm³/mol. The Bertz CT molecular complexity index is 3570. The molecule has 1 aliphatic rings. The van der Waals surface area contributed by atoms with E-state index in [1.807, 2.05) is 0 Å². The van der Waals surface area contributed by atoms with E-state index in [-0.39, 0.29) is 0 Å². The lowest BCUT2D eigenvalue weighted by Gasteiger charge is -2.14. The van der Waals surface area contributed by atoms with Crippen LogP contribution in [-0.2, 0) is 0 Å². The summed E-state index contributed by atoms with van der Waals surface area (Å²) in [6.07, 6.45) is 0. The summed E-state index contributed by atoms with van der Waals surface area (Å²) in [7, 11) is 0. The standard InChI is InChI=1S/C52H30N2O/c1-2-12-31(13-3-1)32-14-10-15-33(30-32)53-44-28-29-47-51(40-19-7-9-23-46(40)55-47)49(44)41-25-27-45-50(52(41)53)39-18-6-8-22-42(39)54(45)43-26-24-37-35-17-5-4-16-34(35)36-20-11-21-38(43)48(36)37/h1-30H. The number of rotatable bonds is 3. The van der Waals surface area contributed by atoms with Crippen molar-refractivity contribution in [2.45, 2.75) is 0 Å². The van der Waals surface area contributed by atoms with Gasteiger partial charge in [0.2, 0.25) is 0 Å². The molecule has 13 rings (SSSR count). The van der Waals surface area contributed by atoms with Crippen LogP contribution in [0.3, 0.4) is 0 Å². The summed E-state index contributed by atoms with van der Waals surface area (Å²) < 4.78 is 11.5. The lowest BCUT2D eigenvalue weighted by molar-refractivity contribution is 0.669. The average Bonchev–Trinajstić information content (AvgIpc) is 3.98. The molecule has 3 nitrogen and oxygen atoms in total. The van der Waals surface area contributed by atoms with E-state index < -0.39 is 0 Å². The highest BCUT2D eigenvalue weighted by atomic mass is 16.3. The second kappa shape index (κ2) is 10.6. The van der Waals surface area contributed by atoms with Crippen molar-refractivity contribution >= 4 is 76.3 Å². The molecule has 0 atom stereocenters. The number of furan rings is 1. The van der Waals surface area contributed by atoms with Gasteiger partial charge in [0.15, 0.2) is 0 Å². The van der Waals surface area contributed by atoms with Gasteiger partial charge in [-0.05, 0) is 87.3 Å². The molecule has 0 radical (unpaired) electrons. The summed E-state index contributed by atoms with van der Waals surface area (Å²) in [5.74, 6) is 0. The summed E-state index contributed by atoms with van der Waals surface area (Å²) in [4.78, 5) is 0. The molecule has 1 aliphatic carbocycles. The molecule has 0 unspecified atom stereocenters. The number of para-hydroxylation sites is 2. The van der Waals surface area contributed by atoms with E-state index in [0.717, 1.165) is 33.1 Å². The minimum absolute atomic E-state index is 0.905. The van der Waals surface area contributed by atoms with Gasteiger partial charge in [-0.2, -0.15) is 0 Å². The molecular formula is C52H30N2O. The van der Waals surface area contributed by atoms with Gasteiger partial charge in [0.1, 0.15) is 11.2 Å². The van der Waals surface area contributed by atoms with Gasteiger partial charge >= 0.3 is 0 Å². The SMILES string of the molecule is c1ccc(-c2cccc(-n3c4ccc5oc6ccccc6c5c4c4ccc5c(c6ccccc6n5-c5ccc6c7c(cccc57)-c5ccccc5-6)c43)c2)cc1. The molecule has 0 spiro atoms. The first-order valence-corrected chi connectivity index (χ1v) is 18.9. The second-order valence-corrected chi connectivity index (χ2v) is 14.8. The van der Waals surface area contributed by atoms with Crippen molar-refractivity contribution in [3.8, 4) is 44.8 Å². The van der Waals surface area contributed by atoms with E-state index in [4.69, 9.17) is 4.42 Å². The zero-order valence-corrected chi connectivity index (χ0v) is 29.6. The van der Waals surface area contributed by atoms with Crippen molar-refractivity contribution in [3.63, 3.8) is 0 Å². The molecule has 254 valence electrons. The van der Waals surface area contributed by atoms with Crippen molar-refractivity contribution < 1.29 is 4.42 Å². The Balaban J connectivity index is 1.20. The Morgan fingerprint density at radius 1 is 0.327 bits per heavy atom. The summed E-state index contributed by atoms with van der Waals surface area (Å²) in [5.41, 5.74) is 16.5. The minimum Gasteiger partial charge on any atom is -0.456 e. The quantitative estimate of drug-likeness (QED) is 0.180. The summed E-state index contributed by atoms with van der Waals surface area (Å²) >= 11 is 0. The number of hydrogen-bond donors (Lipinski definition) is 0. The Morgan fingerprint density at radius 2 is 1.00 bits per heavy atom. The molecular weight excluding hydrogens is 669 g/mol. The summed E-state index contributed by atoms with van der Waals surface area (Å²) in [6, 6.07) is 66.4. The maximum absolute atomic E-state index is 6.50. The van der Waals surface area contributed by atoms with Crippen LogP contribution in [0.25, 0.3) is 121 Å². The molecule has 3 heteroatoms.